The van der Waals surface area contributed by atoms with E-state index in [0.29, 0.717) is 0 Å². The third-order valence-corrected chi connectivity index (χ3v) is 3.65. The third-order valence-electron chi connectivity index (χ3n) is 3.65. The highest BCUT2D eigenvalue weighted by atomic mass is 16.6. The summed E-state index contributed by atoms with van der Waals surface area (Å²) < 4.78 is 0. The Labute approximate surface area is 134 Å². The largest absolute Gasteiger partial charge is 0.374 e. The number of benzene rings is 3. The number of rotatable bonds is 5. The second kappa shape index (κ2) is 6.75. The van der Waals surface area contributed by atoms with Crippen molar-refractivity contribution in [3.8, 4) is 0 Å². The number of nitrogens with zero attached hydrogens (tertiary/aromatic N) is 1. The number of nitrogens with one attached hydrogen (secondary N) is 1. The Kier molecular flexibility index (Phi) is 4.34. The first-order valence-electron chi connectivity index (χ1n) is 7.35. The number of para-hydroxylation sites is 1. The Bertz CT molecular complexity index is 771. The predicted octanol–water partition coefficient (Wildman–Crippen LogP) is 4.80. The summed E-state index contributed by atoms with van der Waals surface area (Å²) in [7, 11) is 0. The van der Waals surface area contributed by atoms with Crippen molar-refractivity contribution in [3.05, 3.63) is 106 Å². The Balaban J connectivity index is 1.96. The topological polar surface area (TPSA) is 55.2 Å². The molecular weight excluding hydrogens is 287 g/mol. The maximum atomic E-state index is 10.8. The van der Waals surface area contributed by atoms with Crippen molar-refractivity contribution < 1.29 is 4.92 Å². The third kappa shape index (κ3) is 3.55. The lowest BCUT2D eigenvalue weighted by molar-refractivity contribution is -0.384. The van der Waals surface area contributed by atoms with E-state index in [9.17, 15) is 10.1 Å². The Morgan fingerprint density at radius 3 is 1.83 bits per heavy atom. The molecule has 0 radical (unpaired) electrons. The number of hydrogen-bond donors (Lipinski definition) is 1. The molecule has 4 nitrogen and oxygen atoms in total. The lowest BCUT2D eigenvalue weighted by Gasteiger charge is -2.21. The summed E-state index contributed by atoms with van der Waals surface area (Å²) in [5.74, 6) is 0. The van der Waals surface area contributed by atoms with Crippen molar-refractivity contribution in [3.63, 3.8) is 0 Å². The number of anilines is 1. The lowest BCUT2D eigenvalue weighted by atomic mass is 9.61. The van der Waals surface area contributed by atoms with Gasteiger partial charge in [0.05, 0.1) is 11.0 Å². The van der Waals surface area contributed by atoms with E-state index in [2.05, 4.69) is 5.32 Å². The fourth-order valence-corrected chi connectivity index (χ4v) is 2.49. The van der Waals surface area contributed by atoms with Crippen LogP contribution in [0, 0.1) is 10.1 Å². The minimum Gasteiger partial charge on any atom is -0.374 e. The number of non-ortho nitro benzene ring substituents is 1. The second-order valence-corrected chi connectivity index (χ2v) is 5.20. The van der Waals surface area contributed by atoms with Crippen molar-refractivity contribution in [2.24, 2.45) is 0 Å². The van der Waals surface area contributed by atoms with Crippen molar-refractivity contribution >= 4 is 11.4 Å². The van der Waals surface area contributed by atoms with Crippen LogP contribution in [0.15, 0.2) is 84.9 Å². The smallest absolute Gasteiger partial charge is 0.269 e. The van der Waals surface area contributed by atoms with Gasteiger partial charge in [-0.2, -0.15) is 0 Å². The molecule has 0 saturated heterocycles. The summed E-state index contributed by atoms with van der Waals surface area (Å²) in [4.78, 5) is 10.5. The Morgan fingerprint density at radius 2 is 1.26 bits per heavy atom. The highest BCUT2D eigenvalue weighted by Crippen LogP contribution is 2.27. The van der Waals surface area contributed by atoms with E-state index >= 15 is 0 Å². The molecule has 3 aromatic carbocycles. The van der Waals surface area contributed by atoms with Gasteiger partial charge in [0, 0.05) is 17.8 Å². The van der Waals surface area contributed by atoms with Gasteiger partial charge in [0.2, 0.25) is 0 Å². The van der Waals surface area contributed by atoms with Crippen molar-refractivity contribution in [1.82, 2.24) is 0 Å². The fourth-order valence-electron chi connectivity index (χ4n) is 2.49. The summed E-state index contributed by atoms with van der Waals surface area (Å²) in [6.07, 6.45) is 0. The highest BCUT2D eigenvalue weighted by Gasteiger charge is 2.15. The molecule has 0 bridgehead atoms. The van der Waals surface area contributed by atoms with E-state index in [-0.39, 0.29) is 16.7 Å². The molecule has 0 fully saturated rings. The maximum Gasteiger partial charge on any atom is 0.269 e. The Morgan fingerprint density at radius 1 is 0.739 bits per heavy atom. The minimum absolute atomic E-state index is 0.0700. The van der Waals surface area contributed by atoms with Crippen molar-refractivity contribution in [2.45, 2.75) is 6.04 Å². The van der Waals surface area contributed by atoms with Gasteiger partial charge in [-0.1, -0.05) is 48.5 Å². The van der Waals surface area contributed by atoms with E-state index < -0.39 is 0 Å². The van der Waals surface area contributed by atoms with Crippen LogP contribution >= 0.6 is 0 Å². The second-order valence-electron chi connectivity index (χ2n) is 5.20. The molecule has 0 aliphatic heterocycles. The Hall–Kier alpha value is -3.14. The van der Waals surface area contributed by atoms with Crippen LogP contribution in [0.2, 0.25) is 0 Å². The molecule has 0 saturated carbocycles. The van der Waals surface area contributed by atoms with Crippen LogP contribution in [0.4, 0.5) is 11.4 Å². The first-order valence-corrected chi connectivity index (χ1v) is 7.35. The van der Waals surface area contributed by atoms with Crippen molar-refractivity contribution in [2.75, 3.05) is 5.32 Å². The van der Waals surface area contributed by atoms with Crippen LogP contribution in [0.5, 0.6) is 0 Å². The monoisotopic (exact) mass is 303 g/mol. The van der Waals surface area contributed by atoms with Crippen LogP contribution in [-0.4, -0.2) is 4.92 Å². The van der Waals surface area contributed by atoms with Gasteiger partial charge in [-0.3, -0.25) is 10.1 Å². The zero-order valence-electron chi connectivity index (χ0n) is 12.4. The van der Waals surface area contributed by atoms with Gasteiger partial charge < -0.3 is 5.32 Å². The quantitative estimate of drug-likeness (QED) is 0.544. The maximum absolute atomic E-state index is 10.8. The van der Waals surface area contributed by atoms with E-state index in [0.717, 1.165) is 16.8 Å². The normalized spacial score (nSPS) is 11.7. The lowest BCUT2D eigenvalue weighted by Crippen LogP contribution is -2.12. The van der Waals surface area contributed by atoms with E-state index in [4.69, 9.17) is 0 Å². The molecule has 3 aromatic rings. The molecule has 0 aliphatic carbocycles. The predicted molar refractivity (Wildman–Crippen MR) is 91.4 cm³/mol. The van der Waals surface area contributed by atoms with Gasteiger partial charge in [0.25, 0.3) is 5.69 Å². The zero-order chi connectivity index (χ0) is 16.1. The summed E-state index contributed by atoms with van der Waals surface area (Å²) in [6.45, 7) is 0. The van der Waals surface area contributed by atoms with Crippen molar-refractivity contribution in [1.29, 1.82) is 0 Å². The van der Waals surface area contributed by atoms with Gasteiger partial charge in [-0.05, 0) is 35.4 Å². The van der Waals surface area contributed by atoms with Crippen LogP contribution in [0.1, 0.15) is 17.2 Å². The first-order chi connectivity index (χ1) is 11.2. The van der Waals surface area contributed by atoms with Crippen LogP contribution in [-0.2, 0) is 0 Å². The summed E-state index contributed by atoms with van der Waals surface area (Å²) >= 11 is 0. The zero-order valence-corrected chi connectivity index (χ0v) is 12.4. The highest BCUT2D eigenvalue weighted by molar-refractivity contribution is 5.50. The van der Waals surface area contributed by atoms with E-state index in [1.807, 2.05) is 60.7 Å². The summed E-state index contributed by atoms with van der Waals surface area (Å²) in [5.41, 5.74) is 3.18. The molecule has 23 heavy (non-hydrogen) atoms. The van der Waals surface area contributed by atoms with Gasteiger partial charge >= 0.3 is 0 Å². The SMILES string of the molecule is O=[N+]([O-])c1ccc([11CH](Nc2ccccc2)c2ccccc2)cc1. The van der Waals surface area contributed by atoms with Gasteiger partial charge in [0.1, 0.15) is 0 Å². The standard InChI is InChI=1S/C19H16N2O2/c22-21(23)18-13-11-16(12-14-18)19(15-7-3-1-4-8-15)20-17-9-5-2-6-10-17/h1-14,19-20H/i19-1. The van der Waals surface area contributed by atoms with E-state index in [1.54, 1.807) is 12.1 Å². The molecule has 0 heterocycles. The minimum atomic E-state index is -0.383. The molecule has 1 N–H and O–H groups in total. The fraction of sp³-hybridized carbons (Fsp3) is 0.0526. The van der Waals surface area contributed by atoms with Gasteiger partial charge in [-0.15, -0.1) is 0 Å². The van der Waals surface area contributed by atoms with Gasteiger partial charge in [0.15, 0.2) is 0 Å². The average molecular weight is 303 g/mol. The summed E-state index contributed by atoms with van der Waals surface area (Å²) in [6, 6.07) is 26.5. The first kappa shape index (κ1) is 14.8. The molecular formula is C19H16N2O2. The molecule has 0 aromatic heterocycles. The number of nitro groups is 1. The van der Waals surface area contributed by atoms with E-state index in [1.165, 1.54) is 12.1 Å². The van der Waals surface area contributed by atoms with Crippen LogP contribution < -0.4 is 5.32 Å². The van der Waals surface area contributed by atoms with Gasteiger partial charge in [-0.25, -0.2) is 0 Å². The molecule has 114 valence electrons. The molecule has 0 aliphatic rings. The molecule has 4 heteroatoms. The van der Waals surface area contributed by atoms with Crippen LogP contribution in [0.25, 0.3) is 0 Å². The molecule has 3 rings (SSSR count). The molecule has 0 amide bonds. The number of nitro benzene ring substituents is 1. The molecule has 1 unspecified atom stereocenters. The molecule has 1 atom stereocenters. The average Bonchev–Trinajstić information content (AvgIpc) is 2.61. The number of hydrogen-bond acceptors (Lipinski definition) is 3. The van der Waals surface area contributed by atoms with Crippen LogP contribution in [0.3, 0.4) is 0 Å². The summed E-state index contributed by atoms with van der Waals surface area (Å²) in [5, 5.41) is 14.3. The molecule has 0 spiro atoms.